The molecule has 5 nitrogen and oxygen atoms in total. The van der Waals surface area contributed by atoms with Crippen molar-refractivity contribution in [1.82, 2.24) is 19.7 Å². The van der Waals surface area contributed by atoms with Crippen LogP contribution in [0.4, 0.5) is 4.39 Å². The van der Waals surface area contributed by atoms with Crippen LogP contribution in [-0.2, 0) is 17.9 Å². The Morgan fingerprint density at radius 1 is 1.19 bits per heavy atom. The van der Waals surface area contributed by atoms with Crippen LogP contribution in [0.15, 0.2) is 18.2 Å². The number of amides is 1. The topological polar surface area (TPSA) is 51.0 Å². The van der Waals surface area contributed by atoms with Crippen LogP contribution >= 0.6 is 11.6 Å². The highest BCUT2D eigenvalue weighted by Gasteiger charge is 2.26. The second-order valence-electron chi connectivity index (χ2n) is 7.14. The van der Waals surface area contributed by atoms with Crippen LogP contribution in [-0.4, -0.2) is 32.1 Å². The van der Waals surface area contributed by atoms with Gasteiger partial charge in [-0.15, -0.1) is 0 Å². The van der Waals surface area contributed by atoms with Crippen molar-refractivity contribution in [1.29, 1.82) is 0 Å². The van der Waals surface area contributed by atoms with E-state index in [1.807, 2.05) is 4.90 Å². The summed E-state index contributed by atoms with van der Waals surface area (Å²) in [5.41, 5.74) is 0.408. The van der Waals surface area contributed by atoms with Crippen molar-refractivity contribution in [3.63, 3.8) is 0 Å². The van der Waals surface area contributed by atoms with E-state index in [1.54, 1.807) is 16.8 Å². The van der Waals surface area contributed by atoms with Gasteiger partial charge in [0.05, 0.1) is 13.1 Å². The number of benzene rings is 1. The first-order chi connectivity index (χ1) is 12.6. The zero-order valence-corrected chi connectivity index (χ0v) is 15.4. The maximum atomic E-state index is 14.2. The van der Waals surface area contributed by atoms with Crippen LogP contribution in [0.25, 0.3) is 0 Å². The van der Waals surface area contributed by atoms with Gasteiger partial charge in [0.2, 0.25) is 5.91 Å². The predicted molar refractivity (Wildman–Crippen MR) is 96.4 cm³/mol. The maximum Gasteiger partial charge on any atom is 0.223 e. The molecule has 1 aliphatic carbocycles. The van der Waals surface area contributed by atoms with Crippen molar-refractivity contribution in [3.05, 3.63) is 46.3 Å². The Hall–Kier alpha value is -1.95. The third kappa shape index (κ3) is 3.47. The lowest BCUT2D eigenvalue weighted by Crippen LogP contribution is -2.26. The van der Waals surface area contributed by atoms with Gasteiger partial charge in [-0.2, -0.15) is 5.10 Å². The molecule has 0 bridgehead atoms. The third-order valence-corrected chi connectivity index (χ3v) is 5.71. The van der Waals surface area contributed by atoms with Crippen LogP contribution in [0.5, 0.6) is 0 Å². The van der Waals surface area contributed by atoms with Crippen LogP contribution in [0.1, 0.15) is 61.7 Å². The van der Waals surface area contributed by atoms with E-state index in [-0.39, 0.29) is 18.3 Å². The quantitative estimate of drug-likeness (QED) is 0.795. The zero-order valence-electron chi connectivity index (χ0n) is 14.6. The summed E-state index contributed by atoms with van der Waals surface area (Å²) in [5.74, 6) is 1.68. The van der Waals surface area contributed by atoms with Crippen molar-refractivity contribution < 1.29 is 9.18 Å². The Morgan fingerprint density at radius 3 is 2.69 bits per heavy atom. The summed E-state index contributed by atoms with van der Waals surface area (Å²) >= 11 is 6.19. The number of hydrogen-bond donors (Lipinski definition) is 0. The molecule has 2 aromatic rings. The molecule has 1 saturated heterocycles. The van der Waals surface area contributed by atoms with Crippen LogP contribution in [0, 0.1) is 5.82 Å². The predicted octanol–water partition coefficient (Wildman–Crippen LogP) is 3.90. The Morgan fingerprint density at radius 2 is 2.00 bits per heavy atom. The van der Waals surface area contributed by atoms with Gasteiger partial charge in [-0.25, -0.2) is 14.1 Å². The van der Waals surface area contributed by atoms with E-state index >= 15 is 0 Å². The molecular weight excluding hydrogens is 355 g/mol. The number of carbonyl (C=O) groups excluding carboxylic acids is 1. The first-order valence-electron chi connectivity index (χ1n) is 9.26. The fraction of sp³-hybridized carbons (Fsp3) is 0.526. The number of halogens is 2. The number of aromatic nitrogens is 3. The molecule has 0 radical (unpaired) electrons. The molecule has 1 aromatic heterocycles. The maximum absolute atomic E-state index is 14.2. The first kappa shape index (κ1) is 17.5. The molecule has 7 heteroatoms. The molecule has 0 spiro atoms. The molecule has 0 atom stereocenters. The molecule has 1 saturated carbocycles. The van der Waals surface area contributed by atoms with Crippen molar-refractivity contribution >= 4 is 17.5 Å². The van der Waals surface area contributed by atoms with Crippen LogP contribution in [0.2, 0.25) is 5.02 Å². The molecule has 2 fully saturated rings. The van der Waals surface area contributed by atoms with E-state index in [0.29, 0.717) is 35.3 Å². The van der Waals surface area contributed by atoms with Gasteiger partial charge in [0.15, 0.2) is 5.82 Å². The Balaban J connectivity index is 1.65. The monoisotopic (exact) mass is 376 g/mol. The van der Waals surface area contributed by atoms with Gasteiger partial charge < -0.3 is 4.90 Å². The van der Waals surface area contributed by atoms with Gasteiger partial charge in [-0.05, 0) is 31.4 Å². The number of carbonyl (C=O) groups is 1. The zero-order chi connectivity index (χ0) is 18.1. The van der Waals surface area contributed by atoms with Crippen molar-refractivity contribution in [3.8, 4) is 0 Å². The molecular formula is C19H22ClFN4O. The summed E-state index contributed by atoms with van der Waals surface area (Å²) in [4.78, 5) is 18.6. The van der Waals surface area contributed by atoms with Gasteiger partial charge in [0.25, 0.3) is 0 Å². The van der Waals surface area contributed by atoms with Gasteiger partial charge >= 0.3 is 0 Å². The SMILES string of the molecule is O=C1CCCN1Cc1nc(C2CCCC2)nn1Cc1c(F)cccc1Cl. The molecule has 1 amide bonds. The van der Waals surface area contributed by atoms with Gasteiger partial charge in [0, 0.05) is 29.5 Å². The highest BCUT2D eigenvalue weighted by Crippen LogP contribution is 2.32. The minimum absolute atomic E-state index is 0.144. The molecule has 0 N–H and O–H groups in total. The normalized spacial score (nSPS) is 18.2. The summed E-state index contributed by atoms with van der Waals surface area (Å²) in [6, 6.07) is 4.68. The van der Waals surface area contributed by atoms with Crippen molar-refractivity contribution in [2.24, 2.45) is 0 Å². The van der Waals surface area contributed by atoms with E-state index in [2.05, 4.69) is 5.10 Å². The highest BCUT2D eigenvalue weighted by atomic mass is 35.5. The van der Waals surface area contributed by atoms with Gasteiger partial charge in [0.1, 0.15) is 11.6 Å². The minimum atomic E-state index is -0.349. The molecule has 4 rings (SSSR count). The number of rotatable bonds is 5. The molecule has 2 heterocycles. The fourth-order valence-electron chi connectivity index (χ4n) is 3.87. The lowest BCUT2D eigenvalue weighted by atomic mass is 10.1. The van der Waals surface area contributed by atoms with E-state index in [9.17, 15) is 9.18 Å². The van der Waals surface area contributed by atoms with E-state index < -0.39 is 0 Å². The standard InChI is InChI=1S/C19H22ClFN4O/c20-15-7-3-8-16(21)14(15)11-25-17(12-24-10-4-9-18(24)26)22-19(23-25)13-5-1-2-6-13/h3,7-8,13H,1-2,4-6,9-12H2. The van der Waals surface area contributed by atoms with E-state index in [4.69, 9.17) is 16.6 Å². The van der Waals surface area contributed by atoms with Crippen molar-refractivity contribution in [2.45, 2.75) is 57.5 Å². The number of hydrogen-bond acceptors (Lipinski definition) is 3. The Kier molecular flexibility index (Phi) is 4.94. The fourth-order valence-corrected chi connectivity index (χ4v) is 4.09. The summed E-state index contributed by atoms with van der Waals surface area (Å²) in [6.45, 7) is 1.39. The smallest absolute Gasteiger partial charge is 0.223 e. The third-order valence-electron chi connectivity index (χ3n) is 5.36. The summed E-state index contributed by atoms with van der Waals surface area (Å²) in [5, 5.41) is 5.06. The molecule has 2 aliphatic rings. The molecule has 26 heavy (non-hydrogen) atoms. The lowest BCUT2D eigenvalue weighted by Gasteiger charge is -2.15. The lowest BCUT2D eigenvalue weighted by molar-refractivity contribution is -0.128. The molecule has 138 valence electrons. The van der Waals surface area contributed by atoms with E-state index in [0.717, 1.165) is 31.6 Å². The van der Waals surface area contributed by atoms with Gasteiger partial charge in [-0.3, -0.25) is 4.79 Å². The van der Waals surface area contributed by atoms with Crippen LogP contribution < -0.4 is 0 Å². The minimum Gasteiger partial charge on any atom is -0.335 e. The largest absolute Gasteiger partial charge is 0.335 e. The van der Waals surface area contributed by atoms with E-state index in [1.165, 1.54) is 18.9 Å². The second kappa shape index (κ2) is 7.35. The first-order valence-corrected chi connectivity index (χ1v) is 9.64. The average molecular weight is 377 g/mol. The Labute approximate surface area is 157 Å². The number of nitrogens with zero attached hydrogens (tertiary/aromatic N) is 4. The van der Waals surface area contributed by atoms with Gasteiger partial charge in [-0.1, -0.05) is 30.5 Å². The second-order valence-corrected chi connectivity index (χ2v) is 7.55. The summed E-state index contributed by atoms with van der Waals surface area (Å²) in [7, 11) is 0. The summed E-state index contributed by atoms with van der Waals surface area (Å²) < 4.78 is 16.0. The highest BCUT2D eigenvalue weighted by molar-refractivity contribution is 6.31. The number of likely N-dealkylation sites (tertiary alicyclic amines) is 1. The molecule has 1 aliphatic heterocycles. The Bertz CT molecular complexity index is 796. The molecule has 0 unspecified atom stereocenters. The summed E-state index contributed by atoms with van der Waals surface area (Å²) in [6.07, 6.45) is 6.03. The van der Waals surface area contributed by atoms with Crippen LogP contribution in [0.3, 0.4) is 0 Å². The molecule has 1 aromatic carbocycles. The average Bonchev–Trinajstić information content (AvgIpc) is 3.34. The van der Waals surface area contributed by atoms with Crippen molar-refractivity contribution in [2.75, 3.05) is 6.54 Å².